The summed E-state index contributed by atoms with van der Waals surface area (Å²) in [5.41, 5.74) is 1.58. The van der Waals surface area contributed by atoms with E-state index in [0.29, 0.717) is 16.9 Å². The highest BCUT2D eigenvalue weighted by Crippen LogP contribution is 2.30. The summed E-state index contributed by atoms with van der Waals surface area (Å²) < 4.78 is 6.92. The molecule has 5 nitrogen and oxygen atoms in total. The van der Waals surface area contributed by atoms with Crippen LogP contribution in [0.2, 0.25) is 5.15 Å². The maximum atomic E-state index is 5.83. The quantitative estimate of drug-likeness (QED) is 0.750. The van der Waals surface area contributed by atoms with Crippen molar-refractivity contribution in [2.45, 2.75) is 6.92 Å². The van der Waals surface area contributed by atoms with E-state index >= 15 is 0 Å². The highest BCUT2D eigenvalue weighted by Gasteiger charge is 2.18. The molecule has 0 aliphatic rings. The minimum atomic E-state index is 0.398. The highest BCUT2D eigenvalue weighted by atomic mass is 35.5. The molecular weight excluding hydrogens is 228 g/mol. The molecule has 0 bridgehead atoms. The van der Waals surface area contributed by atoms with Gasteiger partial charge in [0.1, 0.15) is 10.7 Å². The van der Waals surface area contributed by atoms with Crippen LogP contribution in [0.15, 0.2) is 12.3 Å². The molecule has 2 aromatic rings. The predicted octanol–water partition coefficient (Wildman–Crippen LogP) is 1.85. The predicted molar refractivity (Wildman–Crippen MR) is 60.5 cm³/mol. The molecule has 0 unspecified atom stereocenters. The van der Waals surface area contributed by atoms with E-state index in [1.54, 1.807) is 31.1 Å². The standard InChI is InChI=1S/C10H11ClN4O/c1-6-8(10(16-3)15(2)14-6)9-12-5-4-7(11)13-9/h4-5H,1-3H3. The van der Waals surface area contributed by atoms with Crippen molar-refractivity contribution in [3.8, 4) is 17.3 Å². The molecule has 0 aliphatic heterocycles. The van der Waals surface area contributed by atoms with Crippen LogP contribution in [-0.4, -0.2) is 26.9 Å². The second kappa shape index (κ2) is 4.09. The topological polar surface area (TPSA) is 52.8 Å². The fraction of sp³-hybridized carbons (Fsp3) is 0.300. The number of hydrogen-bond donors (Lipinski definition) is 0. The molecule has 0 amide bonds. The smallest absolute Gasteiger partial charge is 0.222 e. The van der Waals surface area contributed by atoms with Gasteiger partial charge in [0.05, 0.1) is 12.8 Å². The van der Waals surface area contributed by atoms with Crippen molar-refractivity contribution in [1.82, 2.24) is 19.7 Å². The van der Waals surface area contributed by atoms with Gasteiger partial charge in [-0.2, -0.15) is 5.10 Å². The van der Waals surface area contributed by atoms with Crippen LogP contribution < -0.4 is 4.74 Å². The molecule has 6 heteroatoms. The van der Waals surface area contributed by atoms with E-state index in [9.17, 15) is 0 Å². The zero-order valence-electron chi connectivity index (χ0n) is 9.23. The Kier molecular flexibility index (Phi) is 2.78. The van der Waals surface area contributed by atoms with Gasteiger partial charge in [-0.3, -0.25) is 0 Å². The van der Waals surface area contributed by atoms with E-state index in [-0.39, 0.29) is 0 Å². The molecular formula is C10H11ClN4O. The van der Waals surface area contributed by atoms with Crippen LogP contribution in [0, 0.1) is 6.92 Å². The van der Waals surface area contributed by atoms with Crippen LogP contribution in [0.3, 0.4) is 0 Å². The van der Waals surface area contributed by atoms with Gasteiger partial charge in [0.2, 0.25) is 5.88 Å². The lowest BCUT2D eigenvalue weighted by Gasteiger charge is -2.03. The Hall–Kier alpha value is -1.62. The first-order chi connectivity index (χ1) is 7.63. The van der Waals surface area contributed by atoms with Crippen molar-refractivity contribution in [3.63, 3.8) is 0 Å². The molecule has 0 fully saturated rings. The fourth-order valence-electron chi connectivity index (χ4n) is 1.59. The second-order valence-corrected chi connectivity index (χ2v) is 3.68. The Balaban J connectivity index is 2.63. The minimum absolute atomic E-state index is 0.398. The molecule has 16 heavy (non-hydrogen) atoms. The monoisotopic (exact) mass is 238 g/mol. The van der Waals surface area contributed by atoms with Crippen LogP contribution in [0.1, 0.15) is 5.69 Å². The summed E-state index contributed by atoms with van der Waals surface area (Å²) in [6, 6.07) is 1.63. The van der Waals surface area contributed by atoms with E-state index in [4.69, 9.17) is 16.3 Å². The number of rotatable bonds is 2. The Bertz CT molecular complexity index is 524. The lowest BCUT2D eigenvalue weighted by atomic mass is 10.2. The van der Waals surface area contributed by atoms with Crippen LogP contribution in [-0.2, 0) is 7.05 Å². The Morgan fingerprint density at radius 3 is 2.81 bits per heavy atom. The van der Waals surface area contributed by atoms with Crippen LogP contribution in [0.5, 0.6) is 5.88 Å². The summed E-state index contributed by atoms with van der Waals surface area (Å²) in [4.78, 5) is 8.31. The zero-order valence-corrected chi connectivity index (χ0v) is 9.99. The lowest BCUT2D eigenvalue weighted by molar-refractivity contribution is 0.374. The number of nitrogens with zero attached hydrogens (tertiary/aromatic N) is 4. The van der Waals surface area contributed by atoms with Gasteiger partial charge in [-0.15, -0.1) is 0 Å². The van der Waals surface area contributed by atoms with Crippen LogP contribution >= 0.6 is 11.6 Å². The summed E-state index contributed by atoms with van der Waals surface area (Å²) in [7, 11) is 3.39. The highest BCUT2D eigenvalue weighted by molar-refractivity contribution is 6.29. The van der Waals surface area contributed by atoms with Gasteiger partial charge in [0.15, 0.2) is 5.82 Å². The SMILES string of the molecule is COc1c(-c2nccc(Cl)n2)c(C)nn1C. The Morgan fingerprint density at radius 1 is 1.44 bits per heavy atom. The van der Waals surface area contributed by atoms with Crippen LogP contribution in [0.25, 0.3) is 11.4 Å². The molecule has 2 rings (SSSR count). The average molecular weight is 239 g/mol. The number of ether oxygens (including phenoxy) is 1. The van der Waals surface area contributed by atoms with E-state index in [1.165, 1.54) is 0 Å². The van der Waals surface area contributed by atoms with Crippen molar-refractivity contribution in [3.05, 3.63) is 23.1 Å². The molecule has 0 spiro atoms. The summed E-state index contributed by atoms with van der Waals surface area (Å²) >= 11 is 5.83. The summed E-state index contributed by atoms with van der Waals surface area (Å²) in [6.07, 6.45) is 1.61. The van der Waals surface area contributed by atoms with Gasteiger partial charge >= 0.3 is 0 Å². The number of aryl methyl sites for hydroxylation is 2. The third-order valence-corrected chi connectivity index (χ3v) is 2.42. The summed E-state index contributed by atoms with van der Waals surface area (Å²) in [5, 5.41) is 4.65. The third-order valence-electron chi connectivity index (χ3n) is 2.21. The first-order valence-corrected chi connectivity index (χ1v) is 5.07. The Labute approximate surface area is 98.0 Å². The Morgan fingerprint density at radius 2 is 2.19 bits per heavy atom. The maximum Gasteiger partial charge on any atom is 0.222 e. The molecule has 0 aromatic carbocycles. The van der Waals surface area contributed by atoms with Crippen molar-refractivity contribution in [1.29, 1.82) is 0 Å². The molecule has 0 saturated carbocycles. The average Bonchev–Trinajstić information content (AvgIpc) is 2.52. The van der Waals surface area contributed by atoms with Gasteiger partial charge in [-0.1, -0.05) is 11.6 Å². The third kappa shape index (κ3) is 1.74. The van der Waals surface area contributed by atoms with Gasteiger partial charge in [0.25, 0.3) is 0 Å². The normalized spacial score (nSPS) is 10.5. The van der Waals surface area contributed by atoms with Crippen molar-refractivity contribution >= 4 is 11.6 Å². The first kappa shape index (κ1) is 10.9. The number of hydrogen-bond acceptors (Lipinski definition) is 4. The van der Waals surface area contributed by atoms with Gasteiger partial charge in [0, 0.05) is 13.2 Å². The van der Waals surface area contributed by atoms with Gasteiger partial charge < -0.3 is 4.74 Å². The summed E-state index contributed by atoms with van der Waals surface area (Å²) in [5.74, 6) is 1.15. The lowest BCUT2D eigenvalue weighted by Crippen LogP contribution is -1.96. The maximum absolute atomic E-state index is 5.83. The van der Waals surface area contributed by atoms with Crippen molar-refractivity contribution in [2.75, 3.05) is 7.11 Å². The molecule has 0 radical (unpaired) electrons. The zero-order chi connectivity index (χ0) is 11.7. The molecule has 2 heterocycles. The minimum Gasteiger partial charge on any atom is -0.481 e. The fourth-order valence-corrected chi connectivity index (χ4v) is 1.72. The first-order valence-electron chi connectivity index (χ1n) is 4.70. The van der Waals surface area contributed by atoms with Gasteiger partial charge in [-0.05, 0) is 13.0 Å². The van der Waals surface area contributed by atoms with E-state index in [0.717, 1.165) is 11.3 Å². The number of halogens is 1. The molecule has 0 aliphatic carbocycles. The second-order valence-electron chi connectivity index (χ2n) is 3.30. The molecule has 0 saturated heterocycles. The molecule has 84 valence electrons. The number of methoxy groups -OCH3 is 1. The van der Waals surface area contributed by atoms with Crippen molar-refractivity contribution in [2.24, 2.45) is 7.05 Å². The van der Waals surface area contributed by atoms with E-state index in [2.05, 4.69) is 15.1 Å². The van der Waals surface area contributed by atoms with Crippen molar-refractivity contribution < 1.29 is 4.74 Å². The van der Waals surface area contributed by atoms with Crippen LogP contribution in [0.4, 0.5) is 0 Å². The van der Waals surface area contributed by atoms with E-state index < -0.39 is 0 Å². The van der Waals surface area contributed by atoms with Gasteiger partial charge in [-0.25, -0.2) is 14.6 Å². The molecule has 0 atom stereocenters. The molecule has 0 N–H and O–H groups in total. The summed E-state index contributed by atoms with van der Waals surface area (Å²) in [6.45, 7) is 1.88. The largest absolute Gasteiger partial charge is 0.481 e. The molecule has 2 aromatic heterocycles. The van der Waals surface area contributed by atoms with E-state index in [1.807, 2.05) is 6.92 Å². The number of aromatic nitrogens is 4.